The number of amides is 1. The molecule has 276 valence electrons. The van der Waals surface area contributed by atoms with Crippen molar-refractivity contribution < 1.29 is 19.2 Å². The summed E-state index contributed by atoms with van der Waals surface area (Å²) in [6.07, 6.45) is 15.8. The summed E-state index contributed by atoms with van der Waals surface area (Å²) in [6, 6.07) is 11.0. The van der Waals surface area contributed by atoms with Crippen LogP contribution in [-0.2, 0) is 19.2 Å². The first-order chi connectivity index (χ1) is 24.5. The predicted octanol–water partition coefficient (Wildman–Crippen LogP) is 11.0. The van der Waals surface area contributed by atoms with Crippen LogP contribution in [0.5, 0.6) is 0 Å². The second kappa shape index (κ2) is 20.1. The maximum absolute atomic E-state index is 12.5. The van der Waals surface area contributed by atoms with Crippen molar-refractivity contribution in [1.82, 2.24) is 0 Å². The Hall–Kier alpha value is -3.33. The number of anilines is 4. The van der Waals surface area contributed by atoms with Gasteiger partial charge in [0.1, 0.15) is 0 Å². The SMILES string of the molecule is CC1=C(Nc2cccc(N)c2Cl)CCCC1=O.CC1=C(Nc2cccc(NC(=O)C3CCCCC3)c2Cl)CCCC1=O.O=C(Cl)C1CCCCC1. The zero-order valence-electron chi connectivity index (χ0n) is 29.8. The van der Waals surface area contributed by atoms with Gasteiger partial charge in [-0.15, -0.1) is 0 Å². The Labute approximate surface area is 317 Å². The largest absolute Gasteiger partial charge is 0.397 e. The highest BCUT2D eigenvalue weighted by Crippen LogP contribution is 2.35. The highest BCUT2D eigenvalue weighted by atomic mass is 35.5. The molecule has 0 spiro atoms. The van der Waals surface area contributed by atoms with E-state index >= 15 is 0 Å². The molecule has 5 N–H and O–H groups in total. The number of rotatable bonds is 7. The fourth-order valence-electron chi connectivity index (χ4n) is 6.88. The van der Waals surface area contributed by atoms with Crippen molar-refractivity contribution in [3.63, 3.8) is 0 Å². The first-order valence-corrected chi connectivity index (χ1v) is 19.4. The molecule has 4 aliphatic carbocycles. The minimum absolute atomic E-state index is 0.0574. The van der Waals surface area contributed by atoms with Gasteiger partial charge in [0.05, 0.1) is 32.8 Å². The number of carbonyl (C=O) groups excluding carboxylic acids is 4. The van der Waals surface area contributed by atoms with Crippen LogP contribution in [0, 0.1) is 11.8 Å². The Morgan fingerprint density at radius 1 is 0.627 bits per heavy atom. The quantitative estimate of drug-likeness (QED) is 0.163. The van der Waals surface area contributed by atoms with E-state index in [2.05, 4.69) is 16.0 Å². The van der Waals surface area contributed by atoms with Crippen molar-refractivity contribution in [2.24, 2.45) is 11.8 Å². The fraction of sp³-hybridized carbons (Fsp3) is 0.500. The average molecular weight is 758 g/mol. The molecule has 0 saturated heterocycles. The lowest BCUT2D eigenvalue weighted by Crippen LogP contribution is -2.25. The normalized spacial score (nSPS) is 18.6. The lowest BCUT2D eigenvalue weighted by Gasteiger charge is -2.22. The lowest BCUT2D eigenvalue weighted by molar-refractivity contribution is -0.121. The number of hydrogen-bond acceptors (Lipinski definition) is 7. The van der Waals surface area contributed by atoms with Crippen molar-refractivity contribution in [1.29, 1.82) is 0 Å². The van der Waals surface area contributed by atoms with Gasteiger partial charge in [0.15, 0.2) is 11.6 Å². The Kier molecular flexibility index (Phi) is 15.9. The minimum atomic E-state index is -0.130. The Bertz CT molecular complexity index is 1640. The third-order valence-corrected chi connectivity index (χ3v) is 11.3. The van der Waals surface area contributed by atoms with Gasteiger partial charge < -0.3 is 21.7 Å². The highest BCUT2D eigenvalue weighted by molar-refractivity contribution is 6.64. The van der Waals surface area contributed by atoms with Gasteiger partial charge in [0, 0.05) is 47.2 Å². The molecule has 6 rings (SSSR count). The number of halogens is 3. The van der Waals surface area contributed by atoms with Crippen molar-refractivity contribution in [2.45, 2.75) is 117 Å². The summed E-state index contributed by atoms with van der Waals surface area (Å²) in [4.78, 5) is 46.5. The predicted molar refractivity (Wildman–Crippen MR) is 210 cm³/mol. The molecule has 0 heterocycles. The van der Waals surface area contributed by atoms with E-state index in [4.69, 9.17) is 40.5 Å². The molecule has 51 heavy (non-hydrogen) atoms. The van der Waals surface area contributed by atoms with Crippen LogP contribution >= 0.6 is 34.8 Å². The van der Waals surface area contributed by atoms with Crippen LogP contribution in [0.2, 0.25) is 10.0 Å². The van der Waals surface area contributed by atoms with Gasteiger partial charge in [-0.05, 0) is 101 Å². The van der Waals surface area contributed by atoms with Crippen molar-refractivity contribution >= 4 is 80.3 Å². The lowest BCUT2D eigenvalue weighted by atomic mass is 9.88. The van der Waals surface area contributed by atoms with E-state index in [1.807, 2.05) is 44.2 Å². The van der Waals surface area contributed by atoms with E-state index < -0.39 is 0 Å². The molecular weight excluding hydrogens is 707 g/mol. The van der Waals surface area contributed by atoms with E-state index in [0.717, 1.165) is 98.1 Å². The van der Waals surface area contributed by atoms with Gasteiger partial charge in [0.25, 0.3) is 0 Å². The topological polar surface area (TPSA) is 130 Å². The monoisotopic (exact) mass is 756 g/mol. The molecule has 2 aromatic rings. The first kappa shape index (κ1) is 40.4. The molecule has 0 unspecified atom stereocenters. The Balaban J connectivity index is 0.000000192. The van der Waals surface area contributed by atoms with Crippen LogP contribution in [-0.4, -0.2) is 22.7 Å². The van der Waals surface area contributed by atoms with Crippen LogP contribution in [0.3, 0.4) is 0 Å². The van der Waals surface area contributed by atoms with E-state index in [0.29, 0.717) is 34.3 Å². The maximum atomic E-state index is 12.5. The maximum Gasteiger partial charge on any atom is 0.227 e. The molecular formula is C40H51Cl3N4O4. The number of carbonyl (C=O) groups is 4. The van der Waals surface area contributed by atoms with Gasteiger partial charge in [-0.3, -0.25) is 19.2 Å². The molecule has 0 atom stereocenters. The van der Waals surface area contributed by atoms with E-state index in [1.165, 1.54) is 25.7 Å². The van der Waals surface area contributed by atoms with E-state index in [-0.39, 0.29) is 34.6 Å². The fourth-order valence-corrected chi connectivity index (χ4v) is 7.49. The molecule has 8 nitrogen and oxygen atoms in total. The molecule has 2 aromatic carbocycles. The van der Waals surface area contributed by atoms with Crippen molar-refractivity contribution in [2.75, 3.05) is 21.7 Å². The molecule has 4 aliphatic rings. The summed E-state index contributed by atoms with van der Waals surface area (Å²) in [5.41, 5.74) is 11.8. The summed E-state index contributed by atoms with van der Waals surface area (Å²) in [5, 5.41) is 10.4. The number of benzene rings is 2. The van der Waals surface area contributed by atoms with Crippen molar-refractivity contribution in [3.05, 3.63) is 69.0 Å². The molecule has 1 amide bonds. The van der Waals surface area contributed by atoms with Crippen LogP contribution in [0.15, 0.2) is 58.9 Å². The minimum Gasteiger partial charge on any atom is -0.397 e. The molecule has 0 bridgehead atoms. The molecule has 2 fully saturated rings. The van der Waals surface area contributed by atoms with Crippen LogP contribution in [0.25, 0.3) is 0 Å². The number of nitrogens with two attached hydrogens (primary N) is 1. The standard InChI is InChI=1S/C20H25ClN2O2.C13H15ClN2O.C7H11ClO/c1-13-15(9-6-12-18(13)24)22-16-10-5-11-17(19(16)21)23-20(25)14-7-3-2-4-8-14;1-8-10(5-3-7-12(8)17)16-11-6-2-4-9(15)13(11)14;8-7(9)6-4-2-1-3-5-6/h5,10-11,14,22H,2-4,6-9,12H2,1H3,(H,23,25);2,4,6,16H,3,5,7,15H2,1H3;6H,1-5H2. The molecule has 0 aliphatic heterocycles. The van der Waals surface area contributed by atoms with Gasteiger partial charge in [-0.2, -0.15) is 0 Å². The molecule has 2 saturated carbocycles. The second-order valence-electron chi connectivity index (χ2n) is 13.8. The number of ketones is 2. The summed E-state index contributed by atoms with van der Waals surface area (Å²) >= 11 is 17.9. The Morgan fingerprint density at radius 3 is 1.57 bits per heavy atom. The third kappa shape index (κ3) is 11.8. The Morgan fingerprint density at radius 2 is 1.08 bits per heavy atom. The number of Topliss-reactive ketones (excluding diaryl/α,β-unsaturated/α-hetero) is 2. The summed E-state index contributed by atoms with van der Waals surface area (Å²) in [7, 11) is 0. The molecule has 0 aromatic heterocycles. The number of allylic oxidation sites excluding steroid dienone is 4. The smallest absolute Gasteiger partial charge is 0.227 e. The van der Waals surface area contributed by atoms with Gasteiger partial charge in [-0.25, -0.2) is 0 Å². The van der Waals surface area contributed by atoms with Crippen LogP contribution in [0.4, 0.5) is 22.7 Å². The van der Waals surface area contributed by atoms with E-state index in [9.17, 15) is 19.2 Å². The zero-order valence-corrected chi connectivity index (χ0v) is 32.0. The molecule has 11 heteroatoms. The van der Waals surface area contributed by atoms with Gasteiger partial charge >= 0.3 is 0 Å². The molecule has 0 radical (unpaired) electrons. The van der Waals surface area contributed by atoms with Gasteiger partial charge in [0.2, 0.25) is 11.1 Å². The zero-order chi connectivity index (χ0) is 36.9. The summed E-state index contributed by atoms with van der Waals surface area (Å²) in [6.45, 7) is 3.70. The summed E-state index contributed by atoms with van der Waals surface area (Å²) in [5.74, 6) is 0.718. The van der Waals surface area contributed by atoms with Crippen molar-refractivity contribution in [3.8, 4) is 0 Å². The summed E-state index contributed by atoms with van der Waals surface area (Å²) < 4.78 is 0. The average Bonchev–Trinajstić information content (AvgIpc) is 3.13. The highest BCUT2D eigenvalue weighted by Gasteiger charge is 2.23. The van der Waals surface area contributed by atoms with Crippen LogP contribution in [0.1, 0.15) is 117 Å². The van der Waals surface area contributed by atoms with Gasteiger partial charge in [-0.1, -0.05) is 73.9 Å². The van der Waals surface area contributed by atoms with E-state index in [1.54, 1.807) is 6.07 Å². The third-order valence-electron chi connectivity index (χ3n) is 10.2. The number of nitrogen functional groups attached to an aromatic ring is 1. The van der Waals surface area contributed by atoms with Crippen LogP contribution < -0.4 is 21.7 Å². The second-order valence-corrected chi connectivity index (χ2v) is 15.0. The first-order valence-electron chi connectivity index (χ1n) is 18.3. The number of hydrogen-bond donors (Lipinski definition) is 4. The number of nitrogens with one attached hydrogen (secondary N) is 3.